The molecule has 19 heavy (non-hydrogen) atoms. The van der Waals surface area contributed by atoms with Crippen molar-refractivity contribution in [3.8, 4) is 0 Å². The third kappa shape index (κ3) is 5.00. The highest BCUT2D eigenvalue weighted by Gasteiger charge is 2.16. The second kappa shape index (κ2) is 7.25. The fourth-order valence-electron chi connectivity index (χ4n) is 1.46. The van der Waals surface area contributed by atoms with Crippen LogP contribution in [0.2, 0.25) is 0 Å². The van der Waals surface area contributed by atoms with E-state index in [2.05, 4.69) is 0 Å². The van der Waals surface area contributed by atoms with Crippen LogP contribution in [-0.4, -0.2) is 38.5 Å². The lowest BCUT2D eigenvalue weighted by molar-refractivity contribution is 0.0696. The van der Waals surface area contributed by atoms with Gasteiger partial charge in [0.05, 0.1) is 22.8 Å². The van der Waals surface area contributed by atoms with E-state index in [0.717, 1.165) is 12.8 Å². The molecule has 0 heterocycles. The van der Waals surface area contributed by atoms with Gasteiger partial charge < -0.3 is 9.84 Å². The summed E-state index contributed by atoms with van der Waals surface area (Å²) in [6.07, 6.45) is 1.89. The van der Waals surface area contributed by atoms with E-state index in [-0.39, 0.29) is 22.8 Å². The number of aromatic carboxylic acids is 1. The summed E-state index contributed by atoms with van der Waals surface area (Å²) in [6, 6.07) is 5.35. The number of hydrogen-bond donors (Lipinski definition) is 1. The molecule has 0 aliphatic rings. The number of benzene rings is 1. The number of ether oxygens (including phenoxy) is 1. The predicted molar refractivity (Wildman–Crippen MR) is 71.2 cm³/mol. The summed E-state index contributed by atoms with van der Waals surface area (Å²) >= 11 is 0. The molecule has 0 bridgehead atoms. The Kier molecular flexibility index (Phi) is 5.98. The molecule has 1 aromatic rings. The molecule has 0 atom stereocenters. The molecule has 1 aromatic carbocycles. The largest absolute Gasteiger partial charge is 0.478 e. The Balaban J connectivity index is 2.66. The van der Waals surface area contributed by atoms with Crippen LogP contribution in [0.25, 0.3) is 0 Å². The van der Waals surface area contributed by atoms with Crippen molar-refractivity contribution in [3.63, 3.8) is 0 Å². The lowest BCUT2D eigenvalue weighted by Crippen LogP contribution is -2.13. The van der Waals surface area contributed by atoms with Crippen LogP contribution in [0.5, 0.6) is 0 Å². The van der Waals surface area contributed by atoms with Gasteiger partial charge in [-0.05, 0) is 24.6 Å². The van der Waals surface area contributed by atoms with Crippen molar-refractivity contribution in [1.82, 2.24) is 0 Å². The van der Waals surface area contributed by atoms with Gasteiger partial charge in [0.25, 0.3) is 0 Å². The number of sulfone groups is 1. The highest BCUT2D eigenvalue weighted by atomic mass is 32.2. The second-order valence-corrected chi connectivity index (χ2v) is 6.23. The summed E-state index contributed by atoms with van der Waals surface area (Å²) < 4.78 is 29.1. The zero-order valence-corrected chi connectivity index (χ0v) is 11.6. The fraction of sp³-hybridized carbons (Fsp3) is 0.462. The maximum absolute atomic E-state index is 12.0. The van der Waals surface area contributed by atoms with Crippen molar-refractivity contribution < 1.29 is 23.1 Å². The minimum absolute atomic E-state index is 0.0199. The molecule has 1 N–H and O–H groups in total. The molecule has 0 saturated heterocycles. The van der Waals surface area contributed by atoms with Gasteiger partial charge >= 0.3 is 5.97 Å². The number of rotatable bonds is 8. The van der Waals surface area contributed by atoms with Gasteiger partial charge in [-0.15, -0.1) is 0 Å². The van der Waals surface area contributed by atoms with E-state index >= 15 is 0 Å². The molecule has 5 nitrogen and oxygen atoms in total. The molecule has 0 aromatic heterocycles. The maximum Gasteiger partial charge on any atom is 0.335 e. The zero-order chi connectivity index (χ0) is 14.3. The molecular formula is C13H18O5S. The normalized spacial score (nSPS) is 11.4. The quantitative estimate of drug-likeness (QED) is 0.739. The minimum atomic E-state index is -3.49. The standard InChI is InChI=1S/C13H18O5S/c1-2-3-7-18-8-9-19(16,17)12-6-4-5-11(10-12)13(14)15/h4-6,10H,2-3,7-9H2,1H3,(H,14,15). The van der Waals surface area contributed by atoms with Crippen molar-refractivity contribution in [3.05, 3.63) is 29.8 Å². The van der Waals surface area contributed by atoms with Gasteiger partial charge in [-0.25, -0.2) is 13.2 Å². The Morgan fingerprint density at radius 2 is 2.05 bits per heavy atom. The van der Waals surface area contributed by atoms with Crippen LogP contribution >= 0.6 is 0 Å². The average molecular weight is 286 g/mol. The first-order valence-electron chi connectivity index (χ1n) is 6.11. The van der Waals surface area contributed by atoms with Crippen LogP contribution in [0, 0.1) is 0 Å². The van der Waals surface area contributed by atoms with Gasteiger partial charge in [-0.3, -0.25) is 0 Å². The second-order valence-electron chi connectivity index (χ2n) is 4.12. The summed E-state index contributed by atoms with van der Waals surface area (Å²) in [4.78, 5) is 10.8. The minimum Gasteiger partial charge on any atom is -0.478 e. The molecule has 6 heteroatoms. The van der Waals surface area contributed by atoms with Crippen LogP contribution in [0.3, 0.4) is 0 Å². The lowest BCUT2D eigenvalue weighted by Gasteiger charge is -2.06. The number of carboxylic acid groups (broad SMARTS) is 1. The van der Waals surface area contributed by atoms with Crippen LogP contribution in [0.4, 0.5) is 0 Å². The van der Waals surface area contributed by atoms with E-state index in [0.29, 0.717) is 6.61 Å². The SMILES string of the molecule is CCCCOCCS(=O)(=O)c1cccc(C(=O)O)c1. The fourth-order valence-corrected chi connectivity index (χ4v) is 2.62. The number of hydrogen-bond acceptors (Lipinski definition) is 4. The third-order valence-electron chi connectivity index (χ3n) is 2.58. The van der Waals surface area contributed by atoms with Gasteiger partial charge in [0.1, 0.15) is 0 Å². The molecule has 0 aliphatic heterocycles. The highest BCUT2D eigenvalue weighted by molar-refractivity contribution is 7.91. The van der Waals surface area contributed by atoms with Gasteiger partial charge in [-0.2, -0.15) is 0 Å². The van der Waals surface area contributed by atoms with E-state index in [4.69, 9.17) is 9.84 Å². The van der Waals surface area contributed by atoms with Crippen molar-refractivity contribution in [2.24, 2.45) is 0 Å². The van der Waals surface area contributed by atoms with Crippen molar-refractivity contribution in [2.45, 2.75) is 24.7 Å². The first kappa shape index (κ1) is 15.7. The summed E-state index contributed by atoms with van der Waals surface area (Å²) in [5.41, 5.74) is -0.0343. The van der Waals surface area contributed by atoms with E-state index in [9.17, 15) is 13.2 Å². The van der Waals surface area contributed by atoms with Crippen LogP contribution < -0.4 is 0 Å². The predicted octanol–water partition coefficient (Wildman–Crippen LogP) is 1.98. The Bertz CT molecular complexity index is 522. The van der Waals surface area contributed by atoms with Crippen molar-refractivity contribution in [2.75, 3.05) is 19.0 Å². The Morgan fingerprint density at radius 3 is 2.68 bits per heavy atom. The summed E-state index contributed by atoms with van der Waals surface area (Å²) in [6.45, 7) is 2.69. The zero-order valence-electron chi connectivity index (χ0n) is 10.8. The molecule has 0 spiro atoms. The third-order valence-corrected chi connectivity index (χ3v) is 4.26. The number of carboxylic acids is 1. The Morgan fingerprint density at radius 1 is 1.32 bits per heavy atom. The van der Waals surface area contributed by atoms with Gasteiger partial charge in [0.2, 0.25) is 0 Å². The molecule has 0 radical (unpaired) electrons. The molecule has 0 fully saturated rings. The van der Waals surface area contributed by atoms with E-state index < -0.39 is 15.8 Å². The van der Waals surface area contributed by atoms with E-state index in [1.807, 2.05) is 6.92 Å². The monoisotopic (exact) mass is 286 g/mol. The summed E-state index contributed by atoms with van der Waals surface area (Å²) in [5.74, 6) is -1.28. The topological polar surface area (TPSA) is 80.7 Å². The summed E-state index contributed by atoms with van der Waals surface area (Å²) in [7, 11) is -3.49. The maximum atomic E-state index is 12.0. The summed E-state index contributed by atoms with van der Waals surface area (Å²) in [5, 5.41) is 8.83. The van der Waals surface area contributed by atoms with Crippen LogP contribution in [0.1, 0.15) is 30.1 Å². The highest BCUT2D eigenvalue weighted by Crippen LogP contribution is 2.13. The van der Waals surface area contributed by atoms with E-state index in [1.54, 1.807) is 0 Å². The first-order valence-corrected chi connectivity index (χ1v) is 7.76. The average Bonchev–Trinajstić information content (AvgIpc) is 2.38. The Hall–Kier alpha value is -1.40. The molecule has 0 unspecified atom stereocenters. The van der Waals surface area contributed by atoms with Crippen LogP contribution in [-0.2, 0) is 14.6 Å². The lowest BCUT2D eigenvalue weighted by atomic mass is 10.2. The Labute approximate surface area is 113 Å². The van der Waals surface area contributed by atoms with Gasteiger partial charge in [-0.1, -0.05) is 19.4 Å². The van der Waals surface area contributed by atoms with Crippen molar-refractivity contribution in [1.29, 1.82) is 0 Å². The number of unbranched alkanes of at least 4 members (excludes halogenated alkanes) is 1. The molecule has 0 saturated carbocycles. The first-order chi connectivity index (χ1) is 8.97. The van der Waals surface area contributed by atoms with Crippen LogP contribution in [0.15, 0.2) is 29.2 Å². The van der Waals surface area contributed by atoms with Crippen molar-refractivity contribution >= 4 is 15.8 Å². The molecule has 0 amide bonds. The van der Waals surface area contributed by atoms with Gasteiger partial charge in [0, 0.05) is 6.61 Å². The van der Waals surface area contributed by atoms with E-state index in [1.165, 1.54) is 24.3 Å². The smallest absolute Gasteiger partial charge is 0.335 e. The molecular weight excluding hydrogens is 268 g/mol. The molecule has 106 valence electrons. The number of carbonyl (C=O) groups is 1. The van der Waals surface area contributed by atoms with Gasteiger partial charge in [0.15, 0.2) is 9.84 Å². The molecule has 0 aliphatic carbocycles. The molecule has 1 rings (SSSR count).